The molecule has 1 atom stereocenters. The van der Waals surface area contributed by atoms with Crippen LogP contribution in [0.3, 0.4) is 0 Å². The molecule has 0 saturated carbocycles. The van der Waals surface area contributed by atoms with E-state index in [1.165, 1.54) is 17.3 Å². The van der Waals surface area contributed by atoms with Crippen molar-refractivity contribution in [1.29, 1.82) is 0 Å². The minimum absolute atomic E-state index is 0.124. The summed E-state index contributed by atoms with van der Waals surface area (Å²) in [5, 5.41) is 6.33. The Hall–Kier alpha value is -3.62. The van der Waals surface area contributed by atoms with E-state index in [2.05, 4.69) is 35.0 Å². The highest BCUT2D eigenvalue weighted by Crippen LogP contribution is 2.31. The number of hydrogen-bond donors (Lipinski definition) is 1. The Morgan fingerprint density at radius 2 is 1.75 bits per heavy atom. The summed E-state index contributed by atoms with van der Waals surface area (Å²) in [4.78, 5) is 30.8. The van der Waals surface area contributed by atoms with Gasteiger partial charge in [-0.3, -0.25) is 14.2 Å². The fourth-order valence-corrected chi connectivity index (χ4v) is 5.63. The van der Waals surface area contributed by atoms with E-state index in [-0.39, 0.29) is 23.3 Å². The number of aromatic nitrogens is 3. The van der Waals surface area contributed by atoms with Crippen molar-refractivity contribution in [2.45, 2.75) is 31.6 Å². The van der Waals surface area contributed by atoms with Crippen LogP contribution in [0.15, 0.2) is 76.7 Å². The number of nitrogens with one attached hydrogen (secondary N) is 1. The summed E-state index contributed by atoms with van der Waals surface area (Å²) in [6.45, 7) is 5.28. The zero-order chi connectivity index (χ0) is 25.2. The lowest BCUT2D eigenvalue weighted by Gasteiger charge is -2.18. The van der Waals surface area contributed by atoms with Crippen LogP contribution in [-0.4, -0.2) is 39.5 Å². The molecule has 0 aliphatic heterocycles. The van der Waals surface area contributed by atoms with Crippen LogP contribution in [0.4, 0.5) is 5.69 Å². The topological polar surface area (TPSA) is 78.2 Å². The second kappa shape index (κ2) is 10.2. The van der Waals surface area contributed by atoms with E-state index >= 15 is 0 Å². The lowest BCUT2D eigenvalue weighted by molar-refractivity contribution is -0.113. The summed E-state index contributed by atoms with van der Waals surface area (Å²) < 4.78 is 9.18. The van der Waals surface area contributed by atoms with Gasteiger partial charge in [-0.15, -0.1) is 0 Å². The van der Waals surface area contributed by atoms with Crippen LogP contribution in [0, 0.1) is 0 Å². The number of methoxy groups -OCH3 is 1. The number of rotatable bonds is 8. The van der Waals surface area contributed by atoms with Crippen LogP contribution < -0.4 is 10.9 Å². The first kappa shape index (κ1) is 24.1. The van der Waals surface area contributed by atoms with Crippen molar-refractivity contribution in [3.63, 3.8) is 0 Å². The van der Waals surface area contributed by atoms with Crippen molar-refractivity contribution in [2.75, 3.05) is 24.8 Å². The Bertz CT molecular complexity index is 1640. The summed E-state index contributed by atoms with van der Waals surface area (Å²) in [6, 6.07) is 21.4. The first-order valence-electron chi connectivity index (χ1n) is 12.0. The second-order valence-corrected chi connectivity index (χ2v) is 9.66. The molecule has 0 spiro atoms. The van der Waals surface area contributed by atoms with E-state index in [0.717, 1.165) is 28.5 Å². The number of carbonyl (C=O) groups is 1. The quantitative estimate of drug-likeness (QED) is 0.226. The maximum absolute atomic E-state index is 13.2. The first-order valence-corrected chi connectivity index (χ1v) is 12.9. The van der Waals surface area contributed by atoms with Gasteiger partial charge in [-0.25, -0.2) is 4.98 Å². The number of thioether (sulfide) groups is 1. The summed E-state index contributed by atoms with van der Waals surface area (Å²) in [5.41, 5.74) is 3.54. The van der Waals surface area contributed by atoms with Crippen LogP contribution in [0.25, 0.3) is 32.7 Å². The number of fused-ring (bicyclic) bond motifs is 4. The van der Waals surface area contributed by atoms with Crippen molar-refractivity contribution < 1.29 is 9.53 Å². The second-order valence-electron chi connectivity index (χ2n) is 8.72. The Kier molecular flexibility index (Phi) is 6.80. The molecule has 0 radical (unpaired) electrons. The van der Waals surface area contributed by atoms with Gasteiger partial charge in [0.05, 0.1) is 29.3 Å². The summed E-state index contributed by atoms with van der Waals surface area (Å²) in [5.74, 6) is -0.0360. The number of amides is 1. The molecule has 0 aliphatic carbocycles. The van der Waals surface area contributed by atoms with Gasteiger partial charge in [-0.2, -0.15) is 0 Å². The molecule has 7 nitrogen and oxygen atoms in total. The van der Waals surface area contributed by atoms with Crippen LogP contribution in [-0.2, 0) is 16.1 Å². The minimum Gasteiger partial charge on any atom is -0.383 e. The molecule has 0 bridgehead atoms. The van der Waals surface area contributed by atoms with Crippen molar-refractivity contribution in [2.24, 2.45) is 0 Å². The molecule has 36 heavy (non-hydrogen) atoms. The first-order chi connectivity index (χ1) is 17.5. The molecule has 1 N–H and O–H groups in total. The maximum atomic E-state index is 13.2. The third-order valence-corrected chi connectivity index (χ3v) is 7.28. The molecule has 0 fully saturated rings. The monoisotopic (exact) mass is 500 g/mol. The van der Waals surface area contributed by atoms with Crippen molar-refractivity contribution >= 4 is 56.1 Å². The van der Waals surface area contributed by atoms with Crippen molar-refractivity contribution in [1.82, 2.24) is 14.1 Å². The van der Waals surface area contributed by atoms with Crippen molar-refractivity contribution in [3.8, 4) is 0 Å². The smallest absolute Gasteiger partial charge is 0.262 e. The molecular formula is C28H28N4O3S. The summed E-state index contributed by atoms with van der Waals surface area (Å²) in [7, 11) is 1.60. The molecule has 2 aromatic heterocycles. The minimum atomic E-state index is -0.219. The van der Waals surface area contributed by atoms with Gasteiger partial charge in [-0.1, -0.05) is 42.1 Å². The molecule has 184 valence electrons. The molecule has 0 saturated heterocycles. The van der Waals surface area contributed by atoms with Gasteiger partial charge in [0, 0.05) is 41.1 Å². The fraction of sp³-hybridized carbons (Fsp3) is 0.250. The largest absolute Gasteiger partial charge is 0.383 e. The predicted octanol–water partition coefficient (Wildman–Crippen LogP) is 5.46. The number of anilines is 1. The van der Waals surface area contributed by atoms with Gasteiger partial charge in [-0.05, 0) is 50.2 Å². The standard InChI is InChI=1S/C28H28N4O3S/c1-4-31-24-12-8-6-9-20(24)22-15-19(13-14-25(22)31)29-26(33)17-36-28-30-23-11-7-5-10-21(23)27(34)32(28)18(2)16-35-3/h5-15,18H,4,16-17H2,1-3H3,(H,29,33)/t18-/m0/s1. The number of para-hydroxylation sites is 2. The highest BCUT2D eigenvalue weighted by molar-refractivity contribution is 7.99. The summed E-state index contributed by atoms with van der Waals surface area (Å²) in [6.07, 6.45) is 0. The van der Waals surface area contributed by atoms with Gasteiger partial charge < -0.3 is 14.6 Å². The number of hydrogen-bond acceptors (Lipinski definition) is 5. The van der Waals surface area contributed by atoms with E-state index in [1.807, 2.05) is 49.4 Å². The highest BCUT2D eigenvalue weighted by atomic mass is 32.2. The Morgan fingerprint density at radius 1 is 1.03 bits per heavy atom. The SMILES string of the molecule is CCn1c2ccccc2c2cc(NC(=O)CSc3nc4ccccc4c(=O)n3[C@@H](C)COC)ccc21. The van der Waals surface area contributed by atoms with Gasteiger partial charge in [0.1, 0.15) is 0 Å². The molecule has 5 aromatic rings. The number of ether oxygens (including phenoxy) is 1. The van der Waals surface area contributed by atoms with E-state index in [4.69, 9.17) is 9.72 Å². The zero-order valence-corrected chi connectivity index (χ0v) is 21.3. The third kappa shape index (κ3) is 4.38. The Labute approximate surface area is 213 Å². The van der Waals surface area contributed by atoms with Crippen LogP contribution >= 0.6 is 11.8 Å². The maximum Gasteiger partial charge on any atom is 0.262 e. The van der Waals surface area contributed by atoms with E-state index < -0.39 is 0 Å². The van der Waals surface area contributed by atoms with Gasteiger partial charge in [0.15, 0.2) is 5.16 Å². The molecule has 5 rings (SSSR count). The molecule has 0 aliphatic rings. The number of carbonyl (C=O) groups excluding carboxylic acids is 1. The molecule has 8 heteroatoms. The zero-order valence-electron chi connectivity index (χ0n) is 20.5. The van der Waals surface area contributed by atoms with Gasteiger partial charge in [0.2, 0.25) is 5.91 Å². The van der Waals surface area contributed by atoms with Gasteiger partial charge >= 0.3 is 0 Å². The molecular weight excluding hydrogens is 472 g/mol. The Morgan fingerprint density at radius 3 is 2.53 bits per heavy atom. The lowest BCUT2D eigenvalue weighted by atomic mass is 10.1. The van der Waals surface area contributed by atoms with E-state index in [9.17, 15) is 9.59 Å². The lowest BCUT2D eigenvalue weighted by Crippen LogP contribution is -2.29. The van der Waals surface area contributed by atoms with E-state index in [1.54, 1.807) is 17.7 Å². The van der Waals surface area contributed by atoms with Gasteiger partial charge in [0.25, 0.3) is 5.56 Å². The molecule has 1 amide bonds. The fourth-order valence-electron chi connectivity index (χ4n) is 4.73. The summed E-state index contributed by atoms with van der Waals surface area (Å²) >= 11 is 1.25. The van der Waals surface area contributed by atoms with Crippen molar-refractivity contribution in [3.05, 3.63) is 77.1 Å². The van der Waals surface area contributed by atoms with Crippen LogP contribution in [0.2, 0.25) is 0 Å². The average molecular weight is 501 g/mol. The number of benzene rings is 3. The van der Waals surface area contributed by atoms with E-state index in [0.29, 0.717) is 22.7 Å². The molecule has 0 unspecified atom stereocenters. The molecule has 2 heterocycles. The average Bonchev–Trinajstić information content (AvgIpc) is 3.20. The number of aryl methyl sites for hydroxylation is 1. The predicted molar refractivity (Wildman–Crippen MR) is 147 cm³/mol. The van der Waals surface area contributed by atoms with Crippen LogP contribution in [0.5, 0.6) is 0 Å². The molecule has 3 aromatic carbocycles. The Balaban J connectivity index is 1.40. The third-order valence-electron chi connectivity index (χ3n) is 6.33. The number of nitrogens with zero attached hydrogens (tertiary/aromatic N) is 3. The van der Waals surface area contributed by atoms with Crippen LogP contribution in [0.1, 0.15) is 19.9 Å². The normalized spacial score (nSPS) is 12.4. The highest BCUT2D eigenvalue weighted by Gasteiger charge is 2.18.